The number of amides is 5. The van der Waals surface area contributed by atoms with Crippen LogP contribution in [-0.4, -0.2) is 57.9 Å². The SMILES string of the molecule is COc1ccc(C2=NN(C(=O)CN3C(=O)C(=O)N(Cc4cccs4)C3=O)[C@@H](c3ccco3)C2)cc1. The molecule has 0 unspecified atom stereocenters. The highest BCUT2D eigenvalue weighted by Gasteiger charge is 2.46. The summed E-state index contributed by atoms with van der Waals surface area (Å²) in [7, 11) is 1.57. The van der Waals surface area contributed by atoms with E-state index in [0.717, 1.165) is 15.3 Å². The molecule has 0 aliphatic carbocycles. The van der Waals surface area contributed by atoms with E-state index in [0.29, 0.717) is 28.5 Å². The molecular formula is C24H20N4O6S. The van der Waals surface area contributed by atoms with E-state index in [9.17, 15) is 19.2 Å². The standard InChI is InChI=1S/C24H20N4O6S/c1-33-16-8-6-15(7-9-16)18-12-19(20-5-2-10-34-20)28(25-18)21(29)14-27-23(31)22(30)26(24(27)32)13-17-4-3-11-35-17/h2-11,19H,12-14H2,1H3/t19-/m1/s1. The molecule has 0 spiro atoms. The Balaban J connectivity index is 1.37. The van der Waals surface area contributed by atoms with Crippen LogP contribution in [0.3, 0.4) is 0 Å². The second-order valence-corrected chi connectivity index (χ2v) is 8.93. The number of imide groups is 2. The Bertz CT molecular complexity index is 1300. The minimum Gasteiger partial charge on any atom is -0.497 e. The first-order valence-electron chi connectivity index (χ1n) is 10.7. The van der Waals surface area contributed by atoms with Gasteiger partial charge in [-0.2, -0.15) is 5.10 Å². The van der Waals surface area contributed by atoms with Crippen molar-refractivity contribution in [1.82, 2.24) is 14.8 Å². The third kappa shape index (κ3) is 4.21. The van der Waals surface area contributed by atoms with Gasteiger partial charge in [-0.3, -0.25) is 19.3 Å². The van der Waals surface area contributed by atoms with Gasteiger partial charge in [0.05, 0.1) is 25.6 Å². The molecule has 0 radical (unpaired) electrons. The van der Waals surface area contributed by atoms with Crippen LogP contribution in [-0.2, 0) is 20.9 Å². The van der Waals surface area contributed by atoms with Gasteiger partial charge in [-0.25, -0.2) is 14.7 Å². The quantitative estimate of drug-likeness (QED) is 0.370. The van der Waals surface area contributed by atoms with Crippen LogP contribution in [0.15, 0.2) is 69.7 Å². The van der Waals surface area contributed by atoms with E-state index in [-0.39, 0.29) is 6.54 Å². The van der Waals surface area contributed by atoms with Crippen LogP contribution in [0.5, 0.6) is 5.75 Å². The normalized spacial score (nSPS) is 18.0. The molecule has 0 bridgehead atoms. The van der Waals surface area contributed by atoms with Crippen molar-refractivity contribution >= 4 is 40.8 Å². The van der Waals surface area contributed by atoms with Gasteiger partial charge < -0.3 is 9.15 Å². The van der Waals surface area contributed by atoms with Gasteiger partial charge in [0.2, 0.25) is 0 Å². The van der Waals surface area contributed by atoms with Gasteiger partial charge in [-0.1, -0.05) is 6.07 Å². The number of nitrogens with zero attached hydrogens (tertiary/aromatic N) is 4. The number of urea groups is 1. The number of hydrogen-bond donors (Lipinski definition) is 0. The molecule has 1 aromatic carbocycles. The maximum absolute atomic E-state index is 13.3. The molecule has 0 N–H and O–H groups in total. The second-order valence-electron chi connectivity index (χ2n) is 7.89. The fraction of sp³-hybridized carbons (Fsp3) is 0.208. The van der Waals surface area contributed by atoms with E-state index in [1.54, 1.807) is 43.5 Å². The third-order valence-electron chi connectivity index (χ3n) is 5.78. The monoisotopic (exact) mass is 492 g/mol. The molecular weight excluding hydrogens is 472 g/mol. The van der Waals surface area contributed by atoms with Crippen molar-refractivity contribution in [3.8, 4) is 5.75 Å². The van der Waals surface area contributed by atoms with Crippen LogP contribution in [0.2, 0.25) is 0 Å². The fourth-order valence-electron chi connectivity index (χ4n) is 4.00. The van der Waals surface area contributed by atoms with Crippen LogP contribution >= 0.6 is 11.3 Å². The van der Waals surface area contributed by atoms with Crippen molar-refractivity contribution in [3.05, 3.63) is 76.4 Å². The molecule has 5 rings (SSSR count). The molecule has 0 saturated carbocycles. The molecule has 10 nitrogen and oxygen atoms in total. The summed E-state index contributed by atoms with van der Waals surface area (Å²) in [5.74, 6) is -1.40. The maximum atomic E-state index is 13.3. The number of hydrazone groups is 1. The van der Waals surface area contributed by atoms with Crippen LogP contribution in [0.1, 0.15) is 28.7 Å². The summed E-state index contributed by atoms with van der Waals surface area (Å²) in [6.07, 6.45) is 1.87. The van der Waals surface area contributed by atoms with Crippen molar-refractivity contribution in [2.24, 2.45) is 5.10 Å². The zero-order chi connectivity index (χ0) is 24.5. The lowest BCUT2D eigenvalue weighted by atomic mass is 10.0. The Morgan fingerprint density at radius 3 is 2.51 bits per heavy atom. The summed E-state index contributed by atoms with van der Waals surface area (Å²) in [6.45, 7) is -0.634. The molecule has 2 aliphatic rings. The Morgan fingerprint density at radius 1 is 1.09 bits per heavy atom. The van der Waals surface area contributed by atoms with Gasteiger partial charge in [0.1, 0.15) is 24.1 Å². The molecule has 2 aromatic heterocycles. The van der Waals surface area contributed by atoms with Crippen molar-refractivity contribution in [3.63, 3.8) is 0 Å². The summed E-state index contributed by atoms with van der Waals surface area (Å²) < 4.78 is 10.7. The summed E-state index contributed by atoms with van der Waals surface area (Å²) in [5, 5.41) is 7.52. The van der Waals surface area contributed by atoms with Crippen LogP contribution in [0.25, 0.3) is 0 Å². The van der Waals surface area contributed by atoms with Gasteiger partial charge >= 0.3 is 17.8 Å². The van der Waals surface area contributed by atoms with Crippen molar-refractivity contribution < 1.29 is 28.3 Å². The lowest BCUT2D eigenvalue weighted by molar-refractivity contribution is -0.145. The average molecular weight is 493 g/mol. The highest BCUT2D eigenvalue weighted by Crippen LogP contribution is 2.33. The van der Waals surface area contributed by atoms with E-state index in [2.05, 4.69) is 5.10 Å². The number of benzene rings is 1. The Morgan fingerprint density at radius 2 is 1.86 bits per heavy atom. The Labute approximate surface area is 204 Å². The summed E-state index contributed by atoms with van der Waals surface area (Å²) in [6, 6.07) is 12.9. The number of carbonyl (C=O) groups is 4. The first-order valence-corrected chi connectivity index (χ1v) is 11.6. The maximum Gasteiger partial charge on any atom is 0.335 e. The van der Waals surface area contributed by atoms with Gasteiger partial charge in [-0.05, 0) is 53.4 Å². The number of furan rings is 1. The van der Waals surface area contributed by atoms with E-state index < -0.39 is 36.3 Å². The first-order chi connectivity index (χ1) is 17.0. The number of carbonyl (C=O) groups excluding carboxylic acids is 4. The van der Waals surface area contributed by atoms with Crippen molar-refractivity contribution in [1.29, 1.82) is 0 Å². The molecule has 11 heteroatoms. The minimum atomic E-state index is -1.03. The zero-order valence-electron chi connectivity index (χ0n) is 18.6. The largest absolute Gasteiger partial charge is 0.497 e. The lowest BCUT2D eigenvalue weighted by Crippen LogP contribution is -2.41. The predicted molar refractivity (Wildman–Crippen MR) is 124 cm³/mol. The molecule has 2 aliphatic heterocycles. The molecule has 1 atom stereocenters. The smallest absolute Gasteiger partial charge is 0.335 e. The number of rotatable bonds is 7. The van der Waals surface area contributed by atoms with Gasteiger partial charge in [0, 0.05) is 11.3 Å². The van der Waals surface area contributed by atoms with Gasteiger partial charge in [-0.15, -0.1) is 11.3 Å². The second kappa shape index (κ2) is 9.18. The van der Waals surface area contributed by atoms with Crippen LogP contribution in [0, 0.1) is 0 Å². The van der Waals surface area contributed by atoms with E-state index >= 15 is 0 Å². The lowest BCUT2D eigenvalue weighted by Gasteiger charge is -2.22. The number of hydrogen-bond acceptors (Lipinski definition) is 8. The van der Waals surface area contributed by atoms with Crippen molar-refractivity contribution in [2.45, 2.75) is 19.0 Å². The topological polar surface area (TPSA) is 113 Å². The van der Waals surface area contributed by atoms with E-state index in [4.69, 9.17) is 9.15 Å². The van der Waals surface area contributed by atoms with Crippen molar-refractivity contribution in [2.75, 3.05) is 13.7 Å². The van der Waals surface area contributed by atoms with Gasteiger partial charge in [0.25, 0.3) is 5.91 Å². The summed E-state index contributed by atoms with van der Waals surface area (Å²) >= 11 is 1.36. The highest BCUT2D eigenvalue weighted by molar-refractivity contribution is 7.09. The van der Waals surface area contributed by atoms with E-state index in [1.807, 2.05) is 17.5 Å². The van der Waals surface area contributed by atoms with Gasteiger partial charge in [0.15, 0.2) is 0 Å². The average Bonchev–Trinajstić information content (AvgIpc) is 3.67. The number of ether oxygens (including phenoxy) is 1. The highest BCUT2D eigenvalue weighted by atomic mass is 32.1. The Hall–Kier alpha value is -4.25. The molecule has 3 aromatic rings. The first kappa shape index (κ1) is 22.5. The van der Waals surface area contributed by atoms with Crippen LogP contribution < -0.4 is 4.74 Å². The third-order valence-corrected chi connectivity index (χ3v) is 6.64. The fourth-order valence-corrected chi connectivity index (χ4v) is 4.69. The molecule has 1 fully saturated rings. The van der Waals surface area contributed by atoms with Crippen LogP contribution in [0.4, 0.5) is 4.79 Å². The number of methoxy groups -OCH3 is 1. The molecule has 1 saturated heterocycles. The van der Waals surface area contributed by atoms with E-state index in [1.165, 1.54) is 22.6 Å². The zero-order valence-corrected chi connectivity index (χ0v) is 19.4. The predicted octanol–water partition coefficient (Wildman–Crippen LogP) is 3.02. The summed E-state index contributed by atoms with van der Waals surface area (Å²) in [5.41, 5.74) is 1.43. The summed E-state index contributed by atoms with van der Waals surface area (Å²) in [4.78, 5) is 53.4. The number of thiophene rings is 1. The molecule has 5 amide bonds. The molecule has 35 heavy (non-hydrogen) atoms. The molecule has 178 valence electrons. The minimum absolute atomic E-state index is 0.0235. The molecule has 4 heterocycles. The Kier molecular flexibility index (Phi) is 5.91.